The van der Waals surface area contributed by atoms with Crippen LogP contribution in [0.15, 0.2) is 30.5 Å². The van der Waals surface area contributed by atoms with E-state index in [1.165, 1.54) is 12.1 Å². The minimum absolute atomic E-state index is 0.233. The Morgan fingerprint density at radius 1 is 1.13 bits per heavy atom. The molecule has 0 amide bonds. The number of nitrogens with zero attached hydrogens (tertiary/aromatic N) is 3. The van der Waals surface area contributed by atoms with Crippen LogP contribution in [-0.2, 0) is 0 Å². The van der Waals surface area contributed by atoms with Gasteiger partial charge in [0.1, 0.15) is 11.6 Å². The Morgan fingerprint density at radius 2 is 2.00 bits per heavy atom. The van der Waals surface area contributed by atoms with Crippen molar-refractivity contribution in [2.75, 3.05) is 0 Å². The predicted octanol–water partition coefficient (Wildman–Crippen LogP) is 2.33. The van der Waals surface area contributed by atoms with Crippen LogP contribution < -0.4 is 0 Å². The minimum atomic E-state index is -0.233. The van der Waals surface area contributed by atoms with Crippen LogP contribution in [0.3, 0.4) is 0 Å². The third-order valence-electron chi connectivity index (χ3n) is 2.49. The van der Waals surface area contributed by atoms with Crippen LogP contribution in [0.25, 0.3) is 16.4 Å². The van der Waals surface area contributed by atoms with Crippen LogP contribution in [-0.4, -0.2) is 14.6 Å². The van der Waals surface area contributed by atoms with Crippen molar-refractivity contribution < 1.29 is 4.39 Å². The number of aryl methyl sites for hydroxylation is 1. The summed E-state index contributed by atoms with van der Waals surface area (Å²) in [5.41, 5.74) is 0.741. The Kier molecular flexibility index (Phi) is 1.54. The molecule has 0 spiro atoms. The van der Waals surface area contributed by atoms with Gasteiger partial charge in [-0.3, -0.25) is 4.40 Å². The Bertz CT molecular complexity index is 657. The van der Waals surface area contributed by atoms with E-state index in [2.05, 4.69) is 10.2 Å². The van der Waals surface area contributed by atoms with Crippen LogP contribution in [0.4, 0.5) is 4.39 Å². The maximum atomic E-state index is 13.0. The lowest BCUT2D eigenvalue weighted by Crippen LogP contribution is -1.88. The fraction of sp³-hybridized carbons (Fsp3) is 0.0909. The highest BCUT2D eigenvalue weighted by Gasteiger charge is 2.03. The summed E-state index contributed by atoms with van der Waals surface area (Å²) in [6.07, 6.45) is 1.92. The zero-order valence-corrected chi connectivity index (χ0v) is 8.11. The van der Waals surface area contributed by atoms with Gasteiger partial charge in [-0.1, -0.05) is 0 Å². The van der Waals surface area contributed by atoms with Gasteiger partial charge in [0.2, 0.25) is 0 Å². The van der Waals surface area contributed by atoms with Gasteiger partial charge in [-0.05, 0) is 42.0 Å². The molecular formula is C11H8FN3. The first-order chi connectivity index (χ1) is 7.24. The predicted molar refractivity (Wildman–Crippen MR) is 55.2 cm³/mol. The number of halogens is 1. The summed E-state index contributed by atoms with van der Waals surface area (Å²) >= 11 is 0. The molecule has 4 heteroatoms. The maximum Gasteiger partial charge on any atom is 0.161 e. The molecule has 0 N–H and O–H groups in total. The van der Waals surface area contributed by atoms with E-state index in [9.17, 15) is 4.39 Å². The van der Waals surface area contributed by atoms with Crippen LogP contribution in [0.2, 0.25) is 0 Å². The third-order valence-corrected chi connectivity index (χ3v) is 2.49. The molecule has 3 nitrogen and oxygen atoms in total. The van der Waals surface area contributed by atoms with Crippen LogP contribution >= 0.6 is 0 Å². The highest BCUT2D eigenvalue weighted by molar-refractivity contribution is 5.84. The molecule has 0 fully saturated rings. The summed E-state index contributed by atoms with van der Waals surface area (Å²) in [4.78, 5) is 0. The van der Waals surface area contributed by atoms with E-state index >= 15 is 0 Å². The molecule has 1 aromatic carbocycles. The van der Waals surface area contributed by atoms with Crippen molar-refractivity contribution in [3.8, 4) is 0 Å². The third kappa shape index (κ3) is 1.18. The van der Waals surface area contributed by atoms with Crippen molar-refractivity contribution in [1.29, 1.82) is 0 Å². The van der Waals surface area contributed by atoms with Gasteiger partial charge in [0.05, 0.1) is 0 Å². The van der Waals surface area contributed by atoms with Crippen molar-refractivity contribution >= 4 is 16.4 Å². The standard InChI is InChI=1S/C11H8FN3/c1-7-13-14-11-5-9-4-10(12)3-2-8(9)6-15(7)11/h2-6H,1H3. The number of pyridine rings is 1. The monoisotopic (exact) mass is 201 g/mol. The Hall–Kier alpha value is -1.97. The number of rotatable bonds is 0. The molecule has 2 heterocycles. The van der Waals surface area contributed by atoms with Crippen molar-refractivity contribution in [2.24, 2.45) is 0 Å². The first-order valence-corrected chi connectivity index (χ1v) is 4.65. The summed E-state index contributed by atoms with van der Waals surface area (Å²) in [6.45, 7) is 1.88. The lowest BCUT2D eigenvalue weighted by molar-refractivity contribution is 0.629. The Labute approximate surface area is 85.2 Å². The molecule has 2 aromatic heterocycles. The molecule has 0 radical (unpaired) electrons. The van der Waals surface area contributed by atoms with E-state index in [1.54, 1.807) is 6.07 Å². The first kappa shape index (κ1) is 8.35. The molecule has 0 unspecified atom stereocenters. The second kappa shape index (κ2) is 2.76. The van der Waals surface area contributed by atoms with Crippen LogP contribution in [0, 0.1) is 12.7 Å². The van der Waals surface area contributed by atoms with E-state index < -0.39 is 0 Å². The van der Waals surface area contributed by atoms with Gasteiger partial charge in [-0.15, -0.1) is 10.2 Å². The topological polar surface area (TPSA) is 30.2 Å². The van der Waals surface area contributed by atoms with E-state index in [0.29, 0.717) is 0 Å². The molecular weight excluding hydrogens is 193 g/mol. The molecule has 3 rings (SSSR count). The fourth-order valence-electron chi connectivity index (χ4n) is 1.71. The van der Waals surface area contributed by atoms with Crippen molar-refractivity contribution in [1.82, 2.24) is 14.6 Å². The number of aromatic nitrogens is 3. The average Bonchev–Trinajstić information content (AvgIpc) is 2.57. The molecule has 0 aliphatic heterocycles. The SMILES string of the molecule is Cc1nnc2cc3cc(F)ccc3cn12. The van der Waals surface area contributed by atoms with E-state index in [1.807, 2.05) is 23.6 Å². The fourth-order valence-corrected chi connectivity index (χ4v) is 1.71. The van der Waals surface area contributed by atoms with E-state index in [4.69, 9.17) is 0 Å². The maximum absolute atomic E-state index is 13.0. The van der Waals surface area contributed by atoms with Crippen molar-refractivity contribution in [3.05, 3.63) is 42.1 Å². The Morgan fingerprint density at radius 3 is 2.87 bits per heavy atom. The number of benzene rings is 1. The van der Waals surface area contributed by atoms with Crippen molar-refractivity contribution in [2.45, 2.75) is 6.92 Å². The molecule has 0 bridgehead atoms. The number of hydrogen-bond donors (Lipinski definition) is 0. The molecule has 0 saturated carbocycles. The van der Waals surface area contributed by atoms with Crippen molar-refractivity contribution in [3.63, 3.8) is 0 Å². The largest absolute Gasteiger partial charge is 0.286 e. The molecule has 0 aliphatic carbocycles. The quantitative estimate of drug-likeness (QED) is 0.558. The summed E-state index contributed by atoms with van der Waals surface area (Å²) in [6, 6.07) is 6.54. The summed E-state index contributed by atoms with van der Waals surface area (Å²) in [5, 5.41) is 9.77. The molecule has 15 heavy (non-hydrogen) atoms. The Balaban J connectivity index is 2.49. The molecule has 74 valence electrons. The van der Waals surface area contributed by atoms with Gasteiger partial charge in [0, 0.05) is 6.20 Å². The summed E-state index contributed by atoms with van der Waals surface area (Å²) in [5.74, 6) is 0.597. The summed E-state index contributed by atoms with van der Waals surface area (Å²) < 4.78 is 14.9. The second-order valence-electron chi connectivity index (χ2n) is 3.52. The number of fused-ring (bicyclic) bond motifs is 2. The van der Waals surface area contributed by atoms with E-state index in [0.717, 1.165) is 22.2 Å². The smallest absolute Gasteiger partial charge is 0.161 e. The molecule has 3 aromatic rings. The molecule has 0 saturated heterocycles. The second-order valence-corrected chi connectivity index (χ2v) is 3.52. The highest BCUT2D eigenvalue weighted by atomic mass is 19.1. The van der Waals surface area contributed by atoms with Crippen LogP contribution in [0.5, 0.6) is 0 Å². The van der Waals surface area contributed by atoms with Gasteiger partial charge in [-0.25, -0.2) is 4.39 Å². The zero-order valence-electron chi connectivity index (χ0n) is 8.11. The van der Waals surface area contributed by atoms with Gasteiger partial charge in [0.15, 0.2) is 5.65 Å². The van der Waals surface area contributed by atoms with Gasteiger partial charge >= 0.3 is 0 Å². The minimum Gasteiger partial charge on any atom is -0.286 e. The molecule has 0 atom stereocenters. The van der Waals surface area contributed by atoms with E-state index in [-0.39, 0.29) is 5.82 Å². The zero-order chi connectivity index (χ0) is 10.4. The summed E-state index contributed by atoms with van der Waals surface area (Å²) in [7, 11) is 0. The van der Waals surface area contributed by atoms with Gasteiger partial charge in [-0.2, -0.15) is 0 Å². The molecule has 0 aliphatic rings. The van der Waals surface area contributed by atoms with Gasteiger partial charge < -0.3 is 0 Å². The van der Waals surface area contributed by atoms with Crippen LogP contribution in [0.1, 0.15) is 5.82 Å². The van der Waals surface area contributed by atoms with Gasteiger partial charge in [0.25, 0.3) is 0 Å². The number of hydrogen-bond acceptors (Lipinski definition) is 2. The normalized spacial score (nSPS) is 11.3. The lowest BCUT2D eigenvalue weighted by atomic mass is 10.2. The highest BCUT2D eigenvalue weighted by Crippen LogP contribution is 2.17. The first-order valence-electron chi connectivity index (χ1n) is 4.65. The lowest BCUT2D eigenvalue weighted by Gasteiger charge is -2.00. The average molecular weight is 201 g/mol.